The van der Waals surface area contributed by atoms with Crippen molar-refractivity contribution >= 4 is 24.0 Å². The summed E-state index contributed by atoms with van der Waals surface area (Å²) < 4.78 is 4.91. The zero-order valence-corrected chi connectivity index (χ0v) is 15.0. The van der Waals surface area contributed by atoms with Crippen LogP contribution in [0.15, 0.2) is 30.3 Å². The number of nitrogens with zero attached hydrogens (tertiary/aromatic N) is 2. The summed E-state index contributed by atoms with van der Waals surface area (Å²) in [6.45, 7) is 3.18. The van der Waals surface area contributed by atoms with Gasteiger partial charge >= 0.3 is 18.0 Å². The monoisotopic (exact) mass is 365 g/mol. The van der Waals surface area contributed by atoms with E-state index in [-0.39, 0.29) is 13.0 Å². The number of carboxylic acid groups (broad SMARTS) is 1. The van der Waals surface area contributed by atoms with Gasteiger partial charge in [0, 0.05) is 7.05 Å². The van der Waals surface area contributed by atoms with Crippen molar-refractivity contribution in [1.29, 1.82) is 5.41 Å². The van der Waals surface area contributed by atoms with Crippen molar-refractivity contribution in [2.75, 3.05) is 13.7 Å². The molecule has 0 fully saturated rings. The number of aliphatic carboxylic acids is 1. The van der Waals surface area contributed by atoms with E-state index < -0.39 is 30.0 Å². The standard InChI is InChI=1S/C17H23N3O6/c1-4-10-25-17(24)20(16(18)19(3)12(2)15(22)23)26-14(21)11-13-8-6-5-7-9-13/h5-9,12,18H,4,10-11H2,1-3H3,(H,22,23). The lowest BCUT2D eigenvalue weighted by Gasteiger charge is -2.29. The number of benzene rings is 1. The number of amides is 1. The fourth-order valence-corrected chi connectivity index (χ4v) is 1.80. The number of rotatable bonds is 6. The molecule has 26 heavy (non-hydrogen) atoms. The summed E-state index contributed by atoms with van der Waals surface area (Å²) in [4.78, 5) is 41.3. The largest absolute Gasteiger partial charge is 0.480 e. The minimum Gasteiger partial charge on any atom is -0.480 e. The van der Waals surface area contributed by atoms with Crippen LogP contribution in [0.3, 0.4) is 0 Å². The second-order valence-corrected chi connectivity index (χ2v) is 5.48. The first-order valence-electron chi connectivity index (χ1n) is 8.03. The first kappa shape index (κ1) is 20.9. The highest BCUT2D eigenvalue weighted by atomic mass is 16.8. The van der Waals surface area contributed by atoms with E-state index in [9.17, 15) is 14.4 Å². The Labute approximate surface area is 151 Å². The molecule has 0 aliphatic carbocycles. The number of hydrogen-bond donors (Lipinski definition) is 2. The van der Waals surface area contributed by atoms with Gasteiger partial charge in [0.1, 0.15) is 6.04 Å². The van der Waals surface area contributed by atoms with Gasteiger partial charge in [-0.15, -0.1) is 0 Å². The van der Waals surface area contributed by atoms with Gasteiger partial charge in [0.2, 0.25) is 5.96 Å². The maximum atomic E-state index is 12.1. The maximum absolute atomic E-state index is 12.1. The summed E-state index contributed by atoms with van der Waals surface area (Å²) in [6.07, 6.45) is -0.654. The van der Waals surface area contributed by atoms with E-state index in [2.05, 4.69) is 0 Å². The van der Waals surface area contributed by atoms with E-state index in [1.54, 1.807) is 37.3 Å². The van der Waals surface area contributed by atoms with Gasteiger partial charge in [0.05, 0.1) is 13.0 Å². The van der Waals surface area contributed by atoms with Gasteiger partial charge in [0.25, 0.3) is 0 Å². The molecule has 0 radical (unpaired) electrons. The molecule has 0 bridgehead atoms. The van der Waals surface area contributed by atoms with E-state index in [0.717, 1.165) is 4.90 Å². The van der Waals surface area contributed by atoms with Gasteiger partial charge in [-0.3, -0.25) is 5.41 Å². The summed E-state index contributed by atoms with van der Waals surface area (Å²) in [7, 11) is 1.30. The van der Waals surface area contributed by atoms with E-state index in [4.69, 9.17) is 20.1 Å². The van der Waals surface area contributed by atoms with E-state index >= 15 is 0 Å². The molecule has 0 heterocycles. The van der Waals surface area contributed by atoms with Crippen LogP contribution in [0.2, 0.25) is 0 Å². The summed E-state index contributed by atoms with van der Waals surface area (Å²) in [5, 5.41) is 17.4. The molecule has 9 heteroatoms. The summed E-state index contributed by atoms with van der Waals surface area (Å²) in [5.74, 6) is -2.61. The zero-order valence-electron chi connectivity index (χ0n) is 15.0. The number of hydroxylamine groups is 2. The van der Waals surface area contributed by atoms with Gasteiger partial charge in [0.15, 0.2) is 0 Å². The molecule has 9 nitrogen and oxygen atoms in total. The SMILES string of the molecule is CCCOC(=O)N(OC(=O)Cc1ccccc1)C(=N)N(C)C(C)C(=O)O. The molecular formula is C17H23N3O6. The Kier molecular flexibility index (Phi) is 8.07. The number of carboxylic acids is 1. The van der Waals surface area contributed by atoms with Crippen LogP contribution in [0, 0.1) is 5.41 Å². The average molecular weight is 365 g/mol. The molecule has 0 aliphatic heterocycles. The molecule has 0 saturated heterocycles. The molecule has 2 N–H and O–H groups in total. The van der Waals surface area contributed by atoms with Gasteiger partial charge < -0.3 is 19.6 Å². The molecule has 1 atom stereocenters. The molecule has 1 amide bonds. The van der Waals surface area contributed by atoms with Crippen molar-refractivity contribution in [3.63, 3.8) is 0 Å². The number of carbonyl (C=O) groups is 3. The lowest BCUT2D eigenvalue weighted by molar-refractivity contribution is -0.169. The van der Waals surface area contributed by atoms with Gasteiger partial charge in [-0.2, -0.15) is 0 Å². The van der Waals surface area contributed by atoms with Crippen LogP contribution in [0.5, 0.6) is 0 Å². The highest BCUT2D eigenvalue weighted by Crippen LogP contribution is 2.08. The molecule has 0 spiro atoms. The Morgan fingerprint density at radius 2 is 1.85 bits per heavy atom. The molecule has 1 aromatic carbocycles. The zero-order chi connectivity index (χ0) is 19.7. The van der Waals surface area contributed by atoms with Crippen molar-refractivity contribution in [3.8, 4) is 0 Å². The molecule has 1 rings (SSSR count). The predicted molar refractivity (Wildman–Crippen MR) is 92.3 cm³/mol. The first-order chi connectivity index (χ1) is 12.3. The minimum absolute atomic E-state index is 0.0665. The maximum Gasteiger partial charge on any atom is 0.451 e. The van der Waals surface area contributed by atoms with E-state index in [1.807, 2.05) is 0 Å². The first-order valence-corrected chi connectivity index (χ1v) is 8.03. The van der Waals surface area contributed by atoms with Crippen molar-refractivity contribution in [2.45, 2.75) is 32.7 Å². The Morgan fingerprint density at radius 1 is 1.23 bits per heavy atom. The van der Waals surface area contributed by atoms with Gasteiger partial charge in [-0.25, -0.2) is 14.4 Å². The van der Waals surface area contributed by atoms with Gasteiger partial charge in [-0.05, 0) is 18.9 Å². The third kappa shape index (κ3) is 6.08. The molecular weight excluding hydrogens is 342 g/mol. The topological polar surface area (TPSA) is 120 Å². The average Bonchev–Trinajstić information content (AvgIpc) is 2.63. The van der Waals surface area contributed by atoms with Gasteiger partial charge in [-0.1, -0.05) is 42.3 Å². The van der Waals surface area contributed by atoms with Crippen LogP contribution in [0.1, 0.15) is 25.8 Å². The van der Waals surface area contributed by atoms with Crippen LogP contribution < -0.4 is 0 Å². The highest BCUT2D eigenvalue weighted by molar-refractivity contribution is 5.94. The lowest BCUT2D eigenvalue weighted by atomic mass is 10.2. The molecule has 1 unspecified atom stereocenters. The predicted octanol–water partition coefficient (Wildman–Crippen LogP) is 1.88. The van der Waals surface area contributed by atoms with E-state index in [0.29, 0.717) is 17.0 Å². The third-order valence-electron chi connectivity index (χ3n) is 3.44. The summed E-state index contributed by atoms with van der Waals surface area (Å²) >= 11 is 0. The molecule has 142 valence electrons. The van der Waals surface area contributed by atoms with Crippen LogP contribution in [-0.4, -0.2) is 58.8 Å². The number of hydrogen-bond acceptors (Lipinski definition) is 6. The van der Waals surface area contributed by atoms with Crippen LogP contribution in [0.25, 0.3) is 0 Å². The second-order valence-electron chi connectivity index (χ2n) is 5.48. The smallest absolute Gasteiger partial charge is 0.451 e. The summed E-state index contributed by atoms with van der Waals surface area (Å²) in [6, 6.07) is 7.61. The Bertz CT molecular complexity index is 649. The number of carbonyl (C=O) groups excluding carboxylic acids is 2. The number of guanidine groups is 1. The Morgan fingerprint density at radius 3 is 2.38 bits per heavy atom. The fourth-order valence-electron chi connectivity index (χ4n) is 1.80. The molecule has 0 aromatic heterocycles. The molecule has 1 aromatic rings. The van der Waals surface area contributed by atoms with Crippen molar-refractivity contribution in [3.05, 3.63) is 35.9 Å². The normalized spacial score (nSPS) is 11.2. The summed E-state index contributed by atoms with van der Waals surface area (Å²) in [5.41, 5.74) is 0.665. The number of nitrogens with one attached hydrogen (secondary N) is 1. The third-order valence-corrected chi connectivity index (χ3v) is 3.44. The van der Waals surface area contributed by atoms with Crippen LogP contribution in [0.4, 0.5) is 4.79 Å². The highest BCUT2D eigenvalue weighted by Gasteiger charge is 2.31. The Hall–Kier alpha value is -3.10. The second kappa shape index (κ2) is 10.0. The molecule has 0 aliphatic rings. The van der Waals surface area contributed by atoms with Crippen molar-refractivity contribution < 1.29 is 29.1 Å². The lowest BCUT2D eigenvalue weighted by Crippen LogP contribution is -2.51. The minimum atomic E-state index is -1.20. The van der Waals surface area contributed by atoms with Crippen LogP contribution >= 0.6 is 0 Å². The number of ether oxygens (including phenoxy) is 1. The Balaban J connectivity index is 2.90. The van der Waals surface area contributed by atoms with E-state index in [1.165, 1.54) is 14.0 Å². The number of likely N-dealkylation sites (N-methyl/N-ethyl adjacent to an activating group) is 1. The van der Waals surface area contributed by atoms with Crippen molar-refractivity contribution in [2.24, 2.45) is 0 Å². The van der Waals surface area contributed by atoms with Crippen LogP contribution in [-0.2, 0) is 25.6 Å². The quantitative estimate of drug-likeness (QED) is 0.448. The van der Waals surface area contributed by atoms with Crippen molar-refractivity contribution in [1.82, 2.24) is 9.96 Å². The fraction of sp³-hybridized carbons (Fsp3) is 0.412. The molecule has 0 saturated carbocycles.